The van der Waals surface area contributed by atoms with E-state index in [2.05, 4.69) is 143 Å². The molecule has 0 radical (unpaired) electrons. The van der Waals surface area contributed by atoms with Gasteiger partial charge in [0, 0.05) is 44.0 Å². The first-order valence-corrected chi connectivity index (χ1v) is 16.5. The Morgan fingerprint density at radius 1 is 0.696 bits per heavy atom. The first-order chi connectivity index (χ1) is 22.6. The zero-order valence-corrected chi connectivity index (χ0v) is 26.5. The minimum absolute atomic E-state index is 0.0124. The lowest BCUT2D eigenvalue weighted by Crippen LogP contribution is -2.47. The van der Waals surface area contributed by atoms with Crippen LogP contribution < -0.4 is 5.32 Å². The second kappa shape index (κ2) is 13.7. The van der Waals surface area contributed by atoms with E-state index in [1.165, 1.54) is 38.9 Å². The molecule has 1 aliphatic carbocycles. The van der Waals surface area contributed by atoms with Gasteiger partial charge in [0.15, 0.2) is 0 Å². The molecule has 1 N–H and O–H groups in total. The standard InChI is InChI=1S/C42H41N3O/c1-31-12-16-33(17-13-31)37-20-18-34-19-21-38(29-39(34)28-37)42(46)43-40-22-14-32(15-23-40)30-44-24-26-45(27-25-44)41(35-8-4-2-5-9-35)36-10-6-3-7-11-36/h2-18,20,22-23,28-29,41H,19,21,24-27,30H2,1H3,(H,43,46). The quantitative estimate of drug-likeness (QED) is 0.193. The van der Waals surface area contributed by atoms with Crippen LogP contribution in [0.15, 0.2) is 133 Å². The monoisotopic (exact) mass is 603 g/mol. The Morgan fingerprint density at radius 2 is 1.33 bits per heavy atom. The van der Waals surface area contributed by atoms with E-state index < -0.39 is 0 Å². The summed E-state index contributed by atoms with van der Waals surface area (Å²) in [5.74, 6) is -0.0124. The normalized spacial score (nSPS) is 15.3. The number of hydrogen-bond acceptors (Lipinski definition) is 3. The fourth-order valence-electron chi connectivity index (χ4n) is 6.82. The summed E-state index contributed by atoms with van der Waals surface area (Å²) in [6.45, 7) is 7.11. The molecule has 0 aromatic heterocycles. The largest absolute Gasteiger partial charge is 0.322 e. The molecule has 2 aliphatic rings. The van der Waals surface area contributed by atoms with Crippen molar-refractivity contribution in [3.05, 3.63) is 166 Å². The Labute approximate surface area is 273 Å². The van der Waals surface area contributed by atoms with E-state index in [-0.39, 0.29) is 11.9 Å². The summed E-state index contributed by atoms with van der Waals surface area (Å²) in [6, 6.07) is 45.6. The van der Waals surface area contributed by atoms with Crippen LogP contribution in [-0.4, -0.2) is 41.9 Å². The van der Waals surface area contributed by atoms with Crippen LogP contribution in [0.5, 0.6) is 0 Å². The predicted octanol–water partition coefficient (Wildman–Crippen LogP) is 8.54. The van der Waals surface area contributed by atoms with Crippen LogP contribution >= 0.6 is 0 Å². The van der Waals surface area contributed by atoms with Gasteiger partial charge in [-0.05, 0) is 83.0 Å². The fraction of sp³-hybridized carbons (Fsp3) is 0.214. The molecule has 0 saturated carbocycles. The van der Waals surface area contributed by atoms with Crippen molar-refractivity contribution in [2.24, 2.45) is 0 Å². The van der Waals surface area contributed by atoms with Crippen molar-refractivity contribution in [2.45, 2.75) is 32.4 Å². The smallest absolute Gasteiger partial charge is 0.251 e. The van der Waals surface area contributed by atoms with Crippen LogP contribution in [0.25, 0.3) is 17.2 Å². The topological polar surface area (TPSA) is 35.6 Å². The van der Waals surface area contributed by atoms with Gasteiger partial charge in [0.1, 0.15) is 0 Å². The van der Waals surface area contributed by atoms with Gasteiger partial charge >= 0.3 is 0 Å². The summed E-state index contributed by atoms with van der Waals surface area (Å²) >= 11 is 0. The van der Waals surface area contributed by atoms with Gasteiger partial charge in [-0.25, -0.2) is 0 Å². The third-order valence-corrected chi connectivity index (χ3v) is 9.44. The second-order valence-corrected chi connectivity index (χ2v) is 12.6. The number of carbonyl (C=O) groups is 1. The van der Waals surface area contributed by atoms with Crippen molar-refractivity contribution < 1.29 is 4.79 Å². The third-order valence-electron chi connectivity index (χ3n) is 9.44. The molecule has 7 rings (SSSR count). The number of nitrogens with one attached hydrogen (secondary N) is 1. The number of fused-ring (bicyclic) bond motifs is 1. The summed E-state index contributed by atoms with van der Waals surface area (Å²) < 4.78 is 0. The first kappa shape index (κ1) is 29.9. The van der Waals surface area contributed by atoms with E-state index >= 15 is 0 Å². The molecule has 4 nitrogen and oxygen atoms in total. The number of piperazine rings is 1. The highest BCUT2D eigenvalue weighted by atomic mass is 16.1. The highest BCUT2D eigenvalue weighted by Crippen LogP contribution is 2.31. The Bertz CT molecular complexity index is 1760. The van der Waals surface area contributed by atoms with Crippen molar-refractivity contribution in [1.29, 1.82) is 0 Å². The van der Waals surface area contributed by atoms with Gasteiger partial charge in [-0.15, -0.1) is 0 Å². The molecule has 0 bridgehead atoms. The molecule has 1 saturated heterocycles. The van der Waals surface area contributed by atoms with E-state index in [1.54, 1.807) is 0 Å². The predicted molar refractivity (Wildman–Crippen MR) is 190 cm³/mol. The molecule has 46 heavy (non-hydrogen) atoms. The summed E-state index contributed by atoms with van der Waals surface area (Å²) in [6.07, 6.45) is 3.70. The average molecular weight is 604 g/mol. The molecular formula is C42H41N3O. The maximum atomic E-state index is 13.3. The van der Waals surface area contributed by atoms with Crippen molar-refractivity contribution in [1.82, 2.24) is 9.80 Å². The number of hydrogen-bond donors (Lipinski definition) is 1. The minimum Gasteiger partial charge on any atom is -0.322 e. The molecule has 1 heterocycles. The molecule has 4 heteroatoms. The minimum atomic E-state index is -0.0124. The molecule has 5 aromatic carbocycles. The van der Waals surface area contributed by atoms with Gasteiger partial charge in [0.2, 0.25) is 0 Å². The lowest BCUT2D eigenvalue weighted by atomic mass is 9.89. The summed E-state index contributed by atoms with van der Waals surface area (Å²) in [4.78, 5) is 18.4. The first-order valence-electron chi connectivity index (χ1n) is 16.5. The van der Waals surface area contributed by atoms with Gasteiger partial charge in [-0.3, -0.25) is 14.6 Å². The van der Waals surface area contributed by atoms with Crippen LogP contribution in [-0.2, 0) is 17.8 Å². The van der Waals surface area contributed by atoms with Gasteiger partial charge in [-0.2, -0.15) is 0 Å². The Kier molecular flexibility index (Phi) is 8.91. The van der Waals surface area contributed by atoms with Gasteiger partial charge in [-0.1, -0.05) is 115 Å². The number of amides is 1. The van der Waals surface area contributed by atoms with E-state index in [9.17, 15) is 4.79 Å². The maximum Gasteiger partial charge on any atom is 0.251 e. The van der Waals surface area contributed by atoms with Gasteiger partial charge < -0.3 is 5.32 Å². The molecule has 1 amide bonds. The van der Waals surface area contributed by atoms with Crippen LogP contribution in [0.1, 0.15) is 45.8 Å². The summed E-state index contributed by atoms with van der Waals surface area (Å²) in [7, 11) is 0. The number of carbonyl (C=O) groups excluding carboxylic acids is 1. The molecule has 0 atom stereocenters. The maximum absolute atomic E-state index is 13.3. The zero-order chi connectivity index (χ0) is 31.3. The number of rotatable bonds is 8. The van der Waals surface area contributed by atoms with Crippen molar-refractivity contribution in [3.8, 4) is 11.1 Å². The highest BCUT2D eigenvalue weighted by molar-refractivity contribution is 6.07. The molecule has 1 fully saturated rings. The number of nitrogens with zero attached hydrogens (tertiary/aromatic N) is 2. The lowest BCUT2D eigenvalue weighted by Gasteiger charge is -2.40. The Balaban J connectivity index is 0.955. The molecule has 1 aliphatic heterocycles. The van der Waals surface area contributed by atoms with Crippen molar-refractivity contribution in [3.63, 3.8) is 0 Å². The number of anilines is 1. The van der Waals surface area contributed by atoms with Crippen LogP contribution in [0.3, 0.4) is 0 Å². The zero-order valence-electron chi connectivity index (χ0n) is 26.5. The molecule has 5 aromatic rings. The van der Waals surface area contributed by atoms with Gasteiger partial charge in [0.05, 0.1) is 6.04 Å². The second-order valence-electron chi connectivity index (χ2n) is 12.6. The summed E-state index contributed by atoms with van der Waals surface area (Å²) in [5.41, 5.74) is 11.7. The fourth-order valence-corrected chi connectivity index (χ4v) is 6.82. The van der Waals surface area contributed by atoms with E-state index in [0.717, 1.165) is 62.4 Å². The average Bonchev–Trinajstić information content (AvgIpc) is 3.11. The third kappa shape index (κ3) is 6.89. The molecule has 0 spiro atoms. The van der Waals surface area contributed by atoms with Crippen molar-refractivity contribution >= 4 is 17.7 Å². The van der Waals surface area contributed by atoms with Crippen LogP contribution in [0.4, 0.5) is 5.69 Å². The van der Waals surface area contributed by atoms with Crippen molar-refractivity contribution in [2.75, 3.05) is 31.5 Å². The van der Waals surface area contributed by atoms with E-state index in [4.69, 9.17) is 0 Å². The van der Waals surface area contributed by atoms with E-state index in [0.29, 0.717) is 0 Å². The number of benzene rings is 5. The SMILES string of the molecule is Cc1ccc(-c2ccc3c(c2)C=C(C(=O)Nc2ccc(CN4CCN(C(c5ccccc5)c5ccccc5)CC4)cc2)CC3)cc1. The van der Waals surface area contributed by atoms with E-state index in [1.807, 2.05) is 12.1 Å². The molecular weight excluding hydrogens is 562 g/mol. The Hall–Kier alpha value is -4.77. The van der Waals surface area contributed by atoms with Crippen LogP contribution in [0.2, 0.25) is 0 Å². The summed E-state index contributed by atoms with van der Waals surface area (Å²) in [5, 5.41) is 3.15. The Morgan fingerprint density at radius 3 is 1.98 bits per heavy atom. The lowest BCUT2D eigenvalue weighted by molar-refractivity contribution is -0.112. The molecule has 230 valence electrons. The van der Waals surface area contributed by atoms with Crippen LogP contribution in [0, 0.1) is 6.92 Å². The highest BCUT2D eigenvalue weighted by Gasteiger charge is 2.26. The molecule has 0 unspecified atom stereocenters. The number of aryl methyl sites for hydroxylation is 2. The van der Waals surface area contributed by atoms with Gasteiger partial charge in [0.25, 0.3) is 5.91 Å².